The number of aromatic nitrogens is 2. The van der Waals surface area contributed by atoms with Gasteiger partial charge in [-0.15, -0.1) is 10.2 Å². The Hall–Kier alpha value is -2.70. The Kier molecular flexibility index (Phi) is 3.17. The van der Waals surface area contributed by atoms with Crippen molar-refractivity contribution in [3.05, 3.63) is 30.0 Å². The fourth-order valence-corrected chi connectivity index (χ4v) is 2.80. The summed E-state index contributed by atoms with van der Waals surface area (Å²) in [5, 5.41) is 17.8. The van der Waals surface area contributed by atoms with Gasteiger partial charge in [0.1, 0.15) is 6.04 Å². The van der Waals surface area contributed by atoms with Crippen molar-refractivity contribution < 1.29 is 14.7 Å². The normalized spacial score (nSPS) is 18.1. The van der Waals surface area contributed by atoms with Gasteiger partial charge in [-0.3, -0.25) is 4.79 Å². The van der Waals surface area contributed by atoms with Gasteiger partial charge >= 0.3 is 5.97 Å². The zero-order valence-corrected chi connectivity index (χ0v) is 11.2. The van der Waals surface area contributed by atoms with Crippen molar-refractivity contribution >= 4 is 28.5 Å². The molecule has 3 rings (SSSR count). The first-order valence-corrected chi connectivity index (χ1v) is 6.64. The van der Waals surface area contributed by atoms with Gasteiger partial charge in [-0.2, -0.15) is 0 Å². The summed E-state index contributed by atoms with van der Waals surface area (Å²) in [5.74, 6) is -1.62. The van der Waals surface area contributed by atoms with Crippen molar-refractivity contribution in [2.75, 3.05) is 11.4 Å². The number of carboxylic acids is 1. The molecule has 0 spiro atoms. The van der Waals surface area contributed by atoms with Gasteiger partial charge in [-0.25, -0.2) is 4.79 Å². The van der Waals surface area contributed by atoms with Crippen LogP contribution in [0.5, 0.6) is 0 Å². The van der Waals surface area contributed by atoms with E-state index in [4.69, 9.17) is 5.73 Å². The second-order valence-corrected chi connectivity index (χ2v) is 4.97. The Bertz CT molecular complexity index is 731. The zero-order chi connectivity index (χ0) is 15.0. The highest BCUT2D eigenvalue weighted by Crippen LogP contribution is 2.33. The number of benzene rings is 1. The summed E-state index contributed by atoms with van der Waals surface area (Å²) in [6, 6.07) is 6.64. The molecule has 0 saturated carbocycles. The van der Waals surface area contributed by atoms with E-state index in [1.807, 2.05) is 0 Å². The number of hydrogen-bond donors (Lipinski definition) is 2. The summed E-state index contributed by atoms with van der Waals surface area (Å²) in [5.41, 5.74) is 6.30. The Morgan fingerprint density at radius 2 is 2.05 bits per heavy atom. The Balaban J connectivity index is 2.25. The molecule has 2 aromatic rings. The first kappa shape index (κ1) is 13.3. The van der Waals surface area contributed by atoms with Gasteiger partial charge in [-0.1, -0.05) is 18.2 Å². The molecule has 1 aromatic carbocycles. The quantitative estimate of drug-likeness (QED) is 0.863. The Morgan fingerprint density at radius 1 is 1.29 bits per heavy atom. The fraction of sp³-hybridized carbons (Fsp3) is 0.286. The molecule has 1 saturated heterocycles. The molecule has 7 nitrogen and oxygen atoms in total. The molecule has 1 aliphatic rings. The molecular weight excluding hydrogens is 272 g/mol. The number of anilines is 1. The number of nitrogens with two attached hydrogens (primary N) is 1. The predicted octanol–water partition coefficient (Wildman–Crippen LogP) is 0.782. The van der Waals surface area contributed by atoms with Crippen molar-refractivity contribution in [2.24, 2.45) is 5.73 Å². The first-order chi connectivity index (χ1) is 10.1. The van der Waals surface area contributed by atoms with Gasteiger partial charge in [-0.05, 0) is 18.9 Å². The highest BCUT2D eigenvalue weighted by Gasteiger charge is 2.33. The third-order valence-corrected chi connectivity index (χ3v) is 3.71. The van der Waals surface area contributed by atoms with Crippen LogP contribution >= 0.6 is 0 Å². The number of rotatable bonds is 3. The lowest BCUT2D eigenvalue weighted by molar-refractivity contribution is -0.119. The monoisotopic (exact) mass is 286 g/mol. The standard InChI is InChI=1S/C14H14N4O3/c15-13(19)10-6-3-7-18(10)12-8-4-1-2-5-9(8)16-17-11(12)14(20)21/h1-2,4-5,10H,3,6-7H2,(H2,15,19)(H,20,21). The van der Waals surface area contributed by atoms with Crippen LogP contribution in [0, 0.1) is 0 Å². The van der Waals surface area contributed by atoms with Crippen molar-refractivity contribution in [2.45, 2.75) is 18.9 Å². The number of fused-ring (bicyclic) bond motifs is 1. The van der Waals surface area contributed by atoms with Crippen LogP contribution in [0.4, 0.5) is 5.69 Å². The van der Waals surface area contributed by atoms with Crippen molar-refractivity contribution in [3.63, 3.8) is 0 Å². The predicted molar refractivity (Wildman–Crippen MR) is 76.1 cm³/mol. The van der Waals surface area contributed by atoms with Crippen molar-refractivity contribution in [3.8, 4) is 0 Å². The van der Waals surface area contributed by atoms with Gasteiger partial charge in [0.15, 0.2) is 5.69 Å². The molecule has 0 aliphatic carbocycles. The lowest BCUT2D eigenvalue weighted by Gasteiger charge is -2.26. The number of carboxylic acid groups (broad SMARTS) is 1. The van der Waals surface area contributed by atoms with Crippen LogP contribution in [0.1, 0.15) is 23.3 Å². The largest absolute Gasteiger partial charge is 0.476 e. The van der Waals surface area contributed by atoms with E-state index in [1.54, 1.807) is 29.2 Å². The lowest BCUT2D eigenvalue weighted by Crippen LogP contribution is -2.41. The summed E-state index contributed by atoms with van der Waals surface area (Å²) in [6.45, 7) is 0.573. The molecule has 1 amide bonds. The number of nitrogens with zero attached hydrogens (tertiary/aromatic N) is 3. The minimum Gasteiger partial charge on any atom is -0.476 e. The Labute approximate surface area is 120 Å². The van der Waals surface area contributed by atoms with E-state index < -0.39 is 17.9 Å². The molecular formula is C14H14N4O3. The minimum absolute atomic E-state index is 0.151. The van der Waals surface area contributed by atoms with E-state index in [-0.39, 0.29) is 5.69 Å². The third-order valence-electron chi connectivity index (χ3n) is 3.71. The summed E-state index contributed by atoms with van der Waals surface area (Å²) >= 11 is 0. The molecule has 0 bridgehead atoms. The topological polar surface area (TPSA) is 109 Å². The molecule has 1 aromatic heterocycles. The first-order valence-electron chi connectivity index (χ1n) is 6.64. The number of hydrogen-bond acceptors (Lipinski definition) is 5. The molecule has 7 heteroatoms. The van der Waals surface area contributed by atoms with Crippen LogP contribution in [0.2, 0.25) is 0 Å². The maximum absolute atomic E-state index is 11.6. The van der Waals surface area contributed by atoms with Gasteiger partial charge in [0.25, 0.3) is 0 Å². The van der Waals surface area contributed by atoms with E-state index >= 15 is 0 Å². The molecule has 3 N–H and O–H groups in total. The van der Waals surface area contributed by atoms with E-state index in [9.17, 15) is 14.7 Å². The Morgan fingerprint density at radius 3 is 2.76 bits per heavy atom. The van der Waals surface area contributed by atoms with Crippen molar-refractivity contribution in [1.82, 2.24) is 10.2 Å². The van der Waals surface area contributed by atoms with E-state index in [1.165, 1.54) is 0 Å². The second kappa shape index (κ2) is 5.01. The summed E-state index contributed by atoms with van der Waals surface area (Å²) < 4.78 is 0. The average molecular weight is 286 g/mol. The maximum Gasteiger partial charge on any atom is 0.358 e. The highest BCUT2D eigenvalue weighted by atomic mass is 16.4. The van der Waals surface area contributed by atoms with E-state index in [0.717, 1.165) is 6.42 Å². The van der Waals surface area contributed by atoms with E-state index in [2.05, 4.69) is 10.2 Å². The number of carbonyl (C=O) groups is 2. The molecule has 1 fully saturated rings. The summed E-state index contributed by atoms with van der Waals surface area (Å²) in [7, 11) is 0. The van der Waals surface area contributed by atoms with Gasteiger partial charge in [0.2, 0.25) is 5.91 Å². The summed E-state index contributed by atoms with van der Waals surface area (Å²) in [6.07, 6.45) is 1.40. The molecule has 0 radical (unpaired) electrons. The molecule has 1 aliphatic heterocycles. The molecule has 2 heterocycles. The van der Waals surface area contributed by atoms with Gasteiger partial charge < -0.3 is 15.7 Å². The van der Waals surface area contributed by atoms with Crippen LogP contribution < -0.4 is 10.6 Å². The summed E-state index contributed by atoms with van der Waals surface area (Å²) in [4.78, 5) is 24.8. The maximum atomic E-state index is 11.6. The minimum atomic E-state index is -1.17. The molecule has 21 heavy (non-hydrogen) atoms. The highest BCUT2D eigenvalue weighted by molar-refractivity contribution is 6.04. The molecule has 1 atom stereocenters. The number of aromatic carboxylic acids is 1. The zero-order valence-electron chi connectivity index (χ0n) is 11.2. The fourth-order valence-electron chi connectivity index (χ4n) is 2.80. The number of carbonyl (C=O) groups excluding carboxylic acids is 1. The van der Waals surface area contributed by atoms with E-state index in [0.29, 0.717) is 29.6 Å². The second-order valence-electron chi connectivity index (χ2n) is 4.97. The van der Waals surface area contributed by atoms with Crippen LogP contribution in [-0.4, -0.2) is 39.8 Å². The smallest absolute Gasteiger partial charge is 0.358 e. The third kappa shape index (κ3) is 2.16. The molecule has 1 unspecified atom stereocenters. The van der Waals surface area contributed by atoms with Crippen LogP contribution in [0.3, 0.4) is 0 Å². The van der Waals surface area contributed by atoms with Crippen molar-refractivity contribution in [1.29, 1.82) is 0 Å². The van der Waals surface area contributed by atoms with Gasteiger partial charge in [0.05, 0.1) is 11.2 Å². The van der Waals surface area contributed by atoms with Crippen LogP contribution in [0.15, 0.2) is 24.3 Å². The average Bonchev–Trinajstić information content (AvgIpc) is 2.95. The number of primary amides is 1. The van der Waals surface area contributed by atoms with Crippen LogP contribution in [0.25, 0.3) is 10.9 Å². The molecule has 108 valence electrons. The van der Waals surface area contributed by atoms with Crippen LogP contribution in [-0.2, 0) is 4.79 Å². The SMILES string of the molecule is NC(=O)C1CCCN1c1c(C(=O)O)nnc2ccccc12. The lowest BCUT2D eigenvalue weighted by atomic mass is 10.1. The number of amides is 1. The van der Waals surface area contributed by atoms with Gasteiger partial charge in [0, 0.05) is 11.9 Å².